The summed E-state index contributed by atoms with van der Waals surface area (Å²) in [4.78, 5) is 15.3. The van der Waals surface area contributed by atoms with E-state index >= 15 is 0 Å². The molecule has 7 heteroatoms. The summed E-state index contributed by atoms with van der Waals surface area (Å²) >= 11 is 0. The molecule has 1 saturated carbocycles. The lowest BCUT2D eigenvalue weighted by Crippen LogP contribution is -2.20. The van der Waals surface area contributed by atoms with Gasteiger partial charge in [0.1, 0.15) is 6.61 Å². The van der Waals surface area contributed by atoms with E-state index < -0.39 is 9.84 Å². The fourth-order valence-corrected chi connectivity index (χ4v) is 2.17. The highest BCUT2D eigenvalue weighted by atomic mass is 32.2. The van der Waals surface area contributed by atoms with E-state index in [0.29, 0.717) is 0 Å². The second-order valence-electron chi connectivity index (χ2n) is 4.19. The van der Waals surface area contributed by atoms with Gasteiger partial charge in [-0.3, -0.25) is 4.79 Å². The number of pyridine rings is 1. The molecule has 0 aromatic carbocycles. The summed E-state index contributed by atoms with van der Waals surface area (Å²) in [6.07, 6.45) is 4.56. The first kappa shape index (κ1) is 13.0. The SMILES string of the molecule is CS(=O)(=O)c1ncccc1NC(=O)COC1CC1. The number of hydrogen-bond acceptors (Lipinski definition) is 5. The summed E-state index contributed by atoms with van der Waals surface area (Å²) < 4.78 is 28.2. The minimum atomic E-state index is -3.46. The van der Waals surface area contributed by atoms with Crippen molar-refractivity contribution in [3.8, 4) is 0 Å². The Hall–Kier alpha value is -1.47. The van der Waals surface area contributed by atoms with Gasteiger partial charge in [0.05, 0.1) is 11.8 Å². The van der Waals surface area contributed by atoms with E-state index in [1.807, 2.05) is 0 Å². The van der Waals surface area contributed by atoms with Crippen LogP contribution in [0.2, 0.25) is 0 Å². The van der Waals surface area contributed by atoms with E-state index in [1.165, 1.54) is 12.3 Å². The van der Waals surface area contributed by atoms with Crippen molar-refractivity contribution in [1.29, 1.82) is 0 Å². The number of aromatic nitrogens is 1. The molecule has 0 saturated heterocycles. The topological polar surface area (TPSA) is 85.4 Å². The average Bonchev–Trinajstić information content (AvgIpc) is 3.09. The second kappa shape index (κ2) is 5.03. The average molecular weight is 270 g/mol. The van der Waals surface area contributed by atoms with E-state index in [1.54, 1.807) is 6.07 Å². The Morgan fingerprint density at radius 1 is 1.56 bits per heavy atom. The lowest BCUT2D eigenvalue weighted by atomic mass is 10.4. The molecule has 1 heterocycles. The Labute approximate surface area is 105 Å². The van der Waals surface area contributed by atoms with E-state index in [0.717, 1.165) is 19.1 Å². The Balaban J connectivity index is 2.05. The van der Waals surface area contributed by atoms with Gasteiger partial charge in [-0.1, -0.05) is 0 Å². The Bertz CT molecular complexity index is 552. The lowest BCUT2D eigenvalue weighted by molar-refractivity contribution is -0.121. The molecule has 0 unspecified atom stereocenters. The fraction of sp³-hybridized carbons (Fsp3) is 0.455. The van der Waals surface area contributed by atoms with Crippen LogP contribution in [0.4, 0.5) is 5.69 Å². The summed E-state index contributed by atoms with van der Waals surface area (Å²) in [6.45, 7) is -0.0667. The molecule has 0 bridgehead atoms. The van der Waals surface area contributed by atoms with Crippen LogP contribution in [-0.2, 0) is 19.4 Å². The molecular formula is C11H14N2O4S. The first-order chi connectivity index (χ1) is 8.47. The van der Waals surface area contributed by atoms with Crippen LogP contribution in [0.25, 0.3) is 0 Å². The Morgan fingerprint density at radius 2 is 2.28 bits per heavy atom. The van der Waals surface area contributed by atoms with Crippen LogP contribution in [-0.4, -0.2) is 38.3 Å². The third-order valence-corrected chi connectivity index (χ3v) is 3.40. The molecular weight excluding hydrogens is 256 g/mol. The number of rotatable bonds is 5. The highest BCUT2D eigenvalue weighted by molar-refractivity contribution is 7.90. The quantitative estimate of drug-likeness (QED) is 0.847. The summed E-state index contributed by atoms with van der Waals surface area (Å²) in [7, 11) is -3.46. The maximum atomic E-state index is 11.6. The molecule has 1 aromatic rings. The number of anilines is 1. The largest absolute Gasteiger partial charge is 0.368 e. The number of amides is 1. The molecule has 1 fully saturated rings. The number of carbonyl (C=O) groups excluding carboxylic acids is 1. The summed E-state index contributed by atoms with van der Waals surface area (Å²) in [5.74, 6) is -0.375. The molecule has 6 nitrogen and oxygen atoms in total. The molecule has 1 aliphatic rings. The van der Waals surface area contributed by atoms with Crippen molar-refractivity contribution >= 4 is 21.4 Å². The first-order valence-electron chi connectivity index (χ1n) is 5.53. The third-order valence-electron chi connectivity index (χ3n) is 2.37. The number of nitrogens with one attached hydrogen (secondary N) is 1. The number of carbonyl (C=O) groups is 1. The molecule has 0 radical (unpaired) electrons. The van der Waals surface area contributed by atoms with Gasteiger partial charge >= 0.3 is 0 Å². The van der Waals surface area contributed by atoms with Crippen LogP contribution in [0.1, 0.15) is 12.8 Å². The zero-order valence-electron chi connectivity index (χ0n) is 9.92. The van der Waals surface area contributed by atoms with Crippen LogP contribution in [0.15, 0.2) is 23.4 Å². The molecule has 0 atom stereocenters. The van der Waals surface area contributed by atoms with Gasteiger partial charge in [0.25, 0.3) is 0 Å². The minimum absolute atomic E-state index is 0.0667. The van der Waals surface area contributed by atoms with Gasteiger partial charge in [-0.05, 0) is 25.0 Å². The highest BCUT2D eigenvalue weighted by Gasteiger charge is 2.23. The summed E-state index contributed by atoms with van der Waals surface area (Å²) in [6, 6.07) is 3.06. The van der Waals surface area contributed by atoms with Crippen molar-refractivity contribution in [2.45, 2.75) is 24.0 Å². The van der Waals surface area contributed by atoms with Crippen LogP contribution >= 0.6 is 0 Å². The van der Waals surface area contributed by atoms with Crippen LogP contribution in [0.3, 0.4) is 0 Å². The third kappa shape index (κ3) is 3.51. The van der Waals surface area contributed by atoms with Gasteiger partial charge in [0.15, 0.2) is 14.9 Å². The normalized spacial score (nSPS) is 15.4. The standard InChI is InChI=1S/C11H14N2O4S/c1-18(15,16)11-9(3-2-6-12-11)13-10(14)7-17-8-4-5-8/h2-3,6,8H,4-5,7H2,1H3,(H,13,14). The molecule has 98 valence electrons. The van der Waals surface area contributed by atoms with E-state index in [4.69, 9.17) is 4.74 Å². The molecule has 18 heavy (non-hydrogen) atoms. The van der Waals surface area contributed by atoms with Crippen LogP contribution in [0.5, 0.6) is 0 Å². The van der Waals surface area contributed by atoms with Gasteiger partial charge in [0.2, 0.25) is 5.91 Å². The minimum Gasteiger partial charge on any atom is -0.368 e. The van der Waals surface area contributed by atoms with E-state index in [-0.39, 0.29) is 29.3 Å². The van der Waals surface area contributed by atoms with Crippen molar-refractivity contribution < 1.29 is 17.9 Å². The van der Waals surface area contributed by atoms with Crippen LogP contribution < -0.4 is 5.32 Å². The van der Waals surface area contributed by atoms with Crippen molar-refractivity contribution in [3.63, 3.8) is 0 Å². The molecule has 0 spiro atoms. The van der Waals surface area contributed by atoms with Gasteiger partial charge in [-0.2, -0.15) is 0 Å². The molecule has 0 aliphatic heterocycles. The van der Waals surface area contributed by atoms with Crippen molar-refractivity contribution in [2.24, 2.45) is 0 Å². The summed E-state index contributed by atoms with van der Waals surface area (Å²) in [5.41, 5.74) is 0.185. The van der Waals surface area contributed by atoms with E-state index in [2.05, 4.69) is 10.3 Å². The monoisotopic (exact) mass is 270 g/mol. The number of sulfone groups is 1. The van der Waals surface area contributed by atoms with Crippen molar-refractivity contribution in [2.75, 3.05) is 18.2 Å². The highest BCUT2D eigenvalue weighted by Crippen LogP contribution is 2.23. The summed E-state index contributed by atoms with van der Waals surface area (Å²) in [5, 5.41) is 2.36. The number of ether oxygens (including phenoxy) is 1. The Kier molecular flexibility index (Phi) is 3.63. The van der Waals surface area contributed by atoms with Crippen LogP contribution in [0, 0.1) is 0 Å². The fourth-order valence-electron chi connectivity index (χ4n) is 1.40. The van der Waals surface area contributed by atoms with Gasteiger partial charge in [0, 0.05) is 12.5 Å². The second-order valence-corrected chi connectivity index (χ2v) is 6.12. The predicted octanol–water partition coefficient (Wildman–Crippen LogP) is 0.603. The molecule has 1 amide bonds. The number of hydrogen-bond donors (Lipinski definition) is 1. The molecule has 1 N–H and O–H groups in total. The van der Waals surface area contributed by atoms with Crippen molar-refractivity contribution in [1.82, 2.24) is 4.98 Å². The van der Waals surface area contributed by atoms with Gasteiger partial charge in [-0.15, -0.1) is 0 Å². The molecule has 1 aliphatic carbocycles. The zero-order valence-corrected chi connectivity index (χ0v) is 10.7. The zero-order chi connectivity index (χ0) is 13.2. The first-order valence-corrected chi connectivity index (χ1v) is 7.42. The molecule has 1 aromatic heterocycles. The lowest BCUT2D eigenvalue weighted by Gasteiger charge is -2.08. The maximum absolute atomic E-state index is 11.6. The Morgan fingerprint density at radius 3 is 2.89 bits per heavy atom. The predicted molar refractivity (Wildman–Crippen MR) is 65.0 cm³/mol. The van der Waals surface area contributed by atoms with Gasteiger partial charge in [-0.25, -0.2) is 13.4 Å². The molecule has 2 rings (SSSR count). The smallest absolute Gasteiger partial charge is 0.250 e. The maximum Gasteiger partial charge on any atom is 0.250 e. The van der Waals surface area contributed by atoms with E-state index in [9.17, 15) is 13.2 Å². The number of nitrogens with zero attached hydrogens (tertiary/aromatic N) is 1. The van der Waals surface area contributed by atoms with Crippen molar-refractivity contribution in [3.05, 3.63) is 18.3 Å². The van der Waals surface area contributed by atoms with Gasteiger partial charge < -0.3 is 10.1 Å².